The molecule has 2 fully saturated rings. The minimum atomic E-state index is -4.46. The number of rotatable bonds is 7. The fraction of sp³-hybridized carbons (Fsp3) is 0.500. The molecular formula is C26H32ClF3N2O5S. The maximum Gasteiger partial charge on any atom is 0.416 e. The average molecular weight is 577 g/mol. The second-order valence-electron chi connectivity index (χ2n) is 9.89. The second kappa shape index (κ2) is 11.4. The van der Waals surface area contributed by atoms with Crippen LogP contribution in [0.1, 0.15) is 43.2 Å². The number of carbonyl (C=O) groups excluding carboxylic acids is 1. The molecule has 2 aromatic carbocycles. The number of likely N-dealkylation sites (tertiary alicyclic amines) is 1. The van der Waals surface area contributed by atoms with E-state index < -0.39 is 33.0 Å². The summed E-state index contributed by atoms with van der Waals surface area (Å²) in [5, 5.41) is 0. The molecule has 2 aliphatic rings. The van der Waals surface area contributed by atoms with E-state index in [1.807, 2.05) is 11.8 Å². The number of primary amides is 1. The van der Waals surface area contributed by atoms with Crippen LogP contribution in [-0.4, -0.2) is 62.9 Å². The van der Waals surface area contributed by atoms with Crippen LogP contribution in [0.2, 0.25) is 0 Å². The molecule has 1 amide bonds. The molecule has 0 aliphatic carbocycles. The Labute approximate surface area is 226 Å². The normalized spacial score (nSPS) is 25.4. The molecule has 12 heteroatoms. The van der Waals surface area contributed by atoms with Gasteiger partial charge >= 0.3 is 6.18 Å². The third kappa shape index (κ3) is 6.44. The summed E-state index contributed by atoms with van der Waals surface area (Å²) in [5.41, 5.74) is 5.07. The van der Waals surface area contributed by atoms with Crippen molar-refractivity contribution in [2.45, 2.75) is 60.9 Å². The van der Waals surface area contributed by atoms with Gasteiger partial charge in [-0.15, -0.1) is 12.4 Å². The van der Waals surface area contributed by atoms with E-state index in [1.54, 1.807) is 24.3 Å². The fourth-order valence-corrected chi connectivity index (χ4v) is 5.88. The lowest BCUT2D eigenvalue weighted by Crippen LogP contribution is -2.61. The molecule has 38 heavy (non-hydrogen) atoms. The van der Waals surface area contributed by atoms with E-state index in [4.69, 9.17) is 15.2 Å². The molecule has 0 aromatic heterocycles. The van der Waals surface area contributed by atoms with Crippen molar-refractivity contribution in [3.8, 4) is 5.75 Å². The Morgan fingerprint density at radius 2 is 1.89 bits per heavy atom. The smallest absolute Gasteiger partial charge is 0.416 e. The zero-order chi connectivity index (χ0) is 27.0. The van der Waals surface area contributed by atoms with Crippen LogP contribution in [0.25, 0.3) is 0 Å². The van der Waals surface area contributed by atoms with Gasteiger partial charge in [0.1, 0.15) is 17.4 Å². The topological polar surface area (TPSA) is 98.9 Å². The lowest BCUT2D eigenvalue weighted by Gasteiger charge is -2.46. The van der Waals surface area contributed by atoms with Crippen molar-refractivity contribution >= 4 is 28.2 Å². The van der Waals surface area contributed by atoms with E-state index in [0.29, 0.717) is 39.0 Å². The summed E-state index contributed by atoms with van der Waals surface area (Å²) in [7, 11) is -3.32. The highest BCUT2D eigenvalue weighted by Gasteiger charge is 2.50. The monoisotopic (exact) mass is 576 g/mol. The minimum Gasteiger partial charge on any atom is -0.489 e. The Bertz CT molecular complexity index is 1240. The van der Waals surface area contributed by atoms with Crippen LogP contribution in [0.15, 0.2) is 53.4 Å². The summed E-state index contributed by atoms with van der Waals surface area (Å²) in [6, 6.07) is 11.4. The van der Waals surface area contributed by atoms with Gasteiger partial charge in [0, 0.05) is 38.3 Å². The third-order valence-electron chi connectivity index (χ3n) is 7.45. The first-order valence-corrected chi connectivity index (χ1v) is 14.0. The molecule has 0 saturated carbocycles. The summed E-state index contributed by atoms with van der Waals surface area (Å²) in [5.74, 6) is -0.474. The van der Waals surface area contributed by atoms with Crippen molar-refractivity contribution < 1.29 is 35.9 Å². The van der Waals surface area contributed by atoms with Gasteiger partial charge in [-0.3, -0.25) is 9.69 Å². The number of nitrogens with zero attached hydrogens (tertiary/aromatic N) is 1. The van der Waals surface area contributed by atoms with E-state index >= 15 is 0 Å². The Kier molecular flexibility index (Phi) is 9.07. The van der Waals surface area contributed by atoms with Crippen LogP contribution in [-0.2, 0) is 25.5 Å². The van der Waals surface area contributed by atoms with Gasteiger partial charge in [0.05, 0.1) is 16.6 Å². The number of nitrogens with two attached hydrogens (primary N) is 1. The van der Waals surface area contributed by atoms with Crippen molar-refractivity contribution in [1.29, 1.82) is 0 Å². The Morgan fingerprint density at radius 3 is 2.50 bits per heavy atom. The molecular weight excluding hydrogens is 545 g/mol. The van der Waals surface area contributed by atoms with Crippen molar-refractivity contribution in [2.75, 3.05) is 26.0 Å². The number of halogens is 4. The third-order valence-corrected chi connectivity index (χ3v) is 8.58. The van der Waals surface area contributed by atoms with Gasteiger partial charge in [-0.25, -0.2) is 8.42 Å². The Balaban J connectivity index is 0.00000400. The van der Waals surface area contributed by atoms with Gasteiger partial charge in [0.2, 0.25) is 5.91 Å². The predicted molar refractivity (Wildman–Crippen MR) is 138 cm³/mol. The molecule has 0 bridgehead atoms. The lowest BCUT2D eigenvalue weighted by molar-refractivity contribution is -0.142. The molecule has 4 atom stereocenters. The standard InChI is InChI=1S/C26H31F3N2O5S.ClH/c1-17(18-6-8-22(9-7-18)37(2,33)34)23-15-25(24(30)32,11-13-35-23)31-12-10-21(16-31)36-20-5-3-4-19(14-20)26(27,28)29;/h3-9,14,17,21,23H,10-13,15-16H2,1-2H3,(H2,30,32);1H/t17-,21?,23?,25?;/m0./s1. The van der Waals surface area contributed by atoms with Crippen LogP contribution in [0.4, 0.5) is 13.2 Å². The number of amides is 1. The summed E-state index contributed by atoms with van der Waals surface area (Å²) in [6.45, 7) is 3.13. The molecule has 0 spiro atoms. The number of sulfone groups is 1. The van der Waals surface area contributed by atoms with Gasteiger partial charge in [0.25, 0.3) is 0 Å². The lowest BCUT2D eigenvalue weighted by atomic mass is 9.79. The van der Waals surface area contributed by atoms with E-state index in [9.17, 15) is 26.4 Å². The van der Waals surface area contributed by atoms with Crippen LogP contribution in [0.5, 0.6) is 5.75 Å². The Morgan fingerprint density at radius 1 is 1.21 bits per heavy atom. The highest BCUT2D eigenvalue weighted by molar-refractivity contribution is 7.90. The SMILES string of the molecule is C[C@@H](c1ccc(S(C)(=O)=O)cc1)C1CC(C(N)=O)(N2CCC(Oc3cccc(C(F)(F)F)c3)C2)CCO1.Cl. The molecule has 4 rings (SSSR count). The quantitative estimate of drug-likeness (QED) is 0.531. The van der Waals surface area contributed by atoms with Gasteiger partial charge < -0.3 is 15.2 Å². The van der Waals surface area contributed by atoms with Gasteiger partial charge in [-0.1, -0.05) is 25.1 Å². The average Bonchev–Trinajstić information content (AvgIpc) is 3.31. The van der Waals surface area contributed by atoms with Crippen LogP contribution < -0.4 is 10.5 Å². The summed E-state index contributed by atoms with van der Waals surface area (Å²) < 4.78 is 74.7. The van der Waals surface area contributed by atoms with E-state index in [2.05, 4.69) is 0 Å². The number of alkyl halides is 3. The molecule has 2 heterocycles. The van der Waals surface area contributed by atoms with E-state index in [-0.39, 0.29) is 41.2 Å². The fourth-order valence-electron chi connectivity index (χ4n) is 5.25. The van der Waals surface area contributed by atoms with E-state index in [0.717, 1.165) is 24.0 Å². The van der Waals surface area contributed by atoms with Crippen LogP contribution in [0, 0.1) is 0 Å². The largest absolute Gasteiger partial charge is 0.489 e. The van der Waals surface area contributed by atoms with Crippen molar-refractivity contribution in [1.82, 2.24) is 4.90 Å². The maximum absolute atomic E-state index is 13.1. The van der Waals surface area contributed by atoms with Crippen LogP contribution in [0.3, 0.4) is 0 Å². The first-order chi connectivity index (χ1) is 17.3. The minimum absolute atomic E-state index is 0. The van der Waals surface area contributed by atoms with E-state index in [1.165, 1.54) is 12.1 Å². The molecule has 3 unspecified atom stereocenters. The first-order valence-electron chi connectivity index (χ1n) is 12.1. The summed E-state index contributed by atoms with van der Waals surface area (Å²) >= 11 is 0. The molecule has 210 valence electrons. The number of hydrogen-bond donors (Lipinski definition) is 1. The summed E-state index contributed by atoms with van der Waals surface area (Å²) in [4.78, 5) is 15.0. The number of carbonyl (C=O) groups is 1. The Hall–Kier alpha value is -2.34. The highest BCUT2D eigenvalue weighted by atomic mass is 35.5. The van der Waals surface area contributed by atoms with Crippen molar-refractivity contribution in [3.63, 3.8) is 0 Å². The molecule has 2 aliphatic heterocycles. The number of benzene rings is 2. The summed E-state index contributed by atoms with van der Waals surface area (Å²) in [6.07, 6.45) is -2.76. The number of hydrogen-bond acceptors (Lipinski definition) is 6. The molecule has 2 aromatic rings. The van der Waals surface area contributed by atoms with Crippen LogP contribution >= 0.6 is 12.4 Å². The maximum atomic E-state index is 13.1. The van der Waals surface area contributed by atoms with Gasteiger partial charge in [0.15, 0.2) is 9.84 Å². The number of ether oxygens (including phenoxy) is 2. The van der Waals surface area contributed by atoms with Gasteiger partial charge in [-0.05, 0) is 48.7 Å². The second-order valence-corrected chi connectivity index (χ2v) is 11.9. The molecule has 2 N–H and O–H groups in total. The van der Waals surface area contributed by atoms with Crippen molar-refractivity contribution in [3.05, 3.63) is 59.7 Å². The predicted octanol–water partition coefficient (Wildman–Crippen LogP) is 4.19. The first kappa shape index (κ1) is 30.2. The van der Waals surface area contributed by atoms with Crippen molar-refractivity contribution in [2.24, 2.45) is 5.73 Å². The van der Waals surface area contributed by atoms with Gasteiger partial charge in [-0.2, -0.15) is 13.2 Å². The zero-order valence-corrected chi connectivity index (χ0v) is 22.7. The molecule has 0 radical (unpaired) electrons. The molecule has 7 nitrogen and oxygen atoms in total. The zero-order valence-electron chi connectivity index (χ0n) is 21.1. The highest BCUT2D eigenvalue weighted by Crippen LogP contribution is 2.39. The molecule has 2 saturated heterocycles.